The van der Waals surface area contributed by atoms with E-state index in [4.69, 9.17) is 0 Å². The van der Waals surface area contributed by atoms with Crippen molar-refractivity contribution in [2.24, 2.45) is 0 Å². The minimum absolute atomic E-state index is 0.00362. The predicted molar refractivity (Wildman–Crippen MR) is 121 cm³/mol. The van der Waals surface area contributed by atoms with Crippen molar-refractivity contribution in [3.63, 3.8) is 0 Å². The van der Waals surface area contributed by atoms with Crippen LogP contribution in [0.1, 0.15) is 36.3 Å². The van der Waals surface area contributed by atoms with Gasteiger partial charge in [0.25, 0.3) is 6.43 Å². The first-order valence-corrected chi connectivity index (χ1v) is 10.8. The van der Waals surface area contributed by atoms with Gasteiger partial charge in [0.2, 0.25) is 0 Å². The number of aryl methyl sites for hydroxylation is 1. The van der Waals surface area contributed by atoms with Crippen molar-refractivity contribution in [3.8, 4) is 0 Å². The molecule has 3 aromatic rings. The van der Waals surface area contributed by atoms with Crippen LogP contribution >= 0.6 is 0 Å². The molecule has 10 heteroatoms. The molecule has 4 rings (SSSR count). The van der Waals surface area contributed by atoms with Gasteiger partial charge in [-0.05, 0) is 27.0 Å². The molecule has 3 heterocycles. The first-order valence-electron chi connectivity index (χ1n) is 10.8. The summed E-state index contributed by atoms with van der Waals surface area (Å²) in [5, 5.41) is 13.7. The smallest absolute Gasteiger partial charge is 0.266 e. The van der Waals surface area contributed by atoms with E-state index in [2.05, 4.69) is 30.1 Å². The Kier molecular flexibility index (Phi) is 6.66. The number of aliphatic hydroxyl groups is 1. The third-order valence-corrected chi connectivity index (χ3v) is 5.98. The summed E-state index contributed by atoms with van der Waals surface area (Å²) in [6.45, 7) is 5.68. The fourth-order valence-corrected chi connectivity index (χ4v) is 4.23. The standard InChI is InChI=1S/C23H27F3N6O/c1-13(16-5-4-6-17(21(16)24)22(25)26)28-23-18-9-20(27-10-19(18)29-14(2)30-23)32-8-7-31(3)11-15(32)12-33/h4-6,9-10,13,15,22,33H,7-8,11-12H2,1-3H3,(H,28,29,30). The molecular formula is C23H27F3N6O. The third-order valence-electron chi connectivity index (χ3n) is 5.98. The van der Waals surface area contributed by atoms with Crippen LogP contribution in [0, 0.1) is 12.7 Å². The monoisotopic (exact) mass is 460 g/mol. The number of benzene rings is 1. The molecule has 7 nitrogen and oxygen atoms in total. The average Bonchev–Trinajstić information content (AvgIpc) is 2.78. The zero-order valence-electron chi connectivity index (χ0n) is 18.8. The zero-order valence-corrected chi connectivity index (χ0v) is 18.8. The number of halogens is 3. The molecule has 0 saturated carbocycles. The Morgan fingerprint density at radius 1 is 1.21 bits per heavy atom. The molecule has 1 fully saturated rings. The molecule has 176 valence electrons. The highest BCUT2D eigenvalue weighted by molar-refractivity contribution is 5.90. The lowest BCUT2D eigenvalue weighted by Crippen LogP contribution is -2.53. The lowest BCUT2D eigenvalue weighted by Gasteiger charge is -2.40. The number of rotatable bonds is 6. The van der Waals surface area contributed by atoms with E-state index in [9.17, 15) is 18.3 Å². The summed E-state index contributed by atoms with van der Waals surface area (Å²) >= 11 is 0. The summed E-state index contributed by atoms with van der Waals surface area (Å²) in [6, 6.07) is 5.13. The molecule has 0 radical (unpaired) electrons. The predicted octanol–water partition coefficient (Wildman–Crippen LogP) is 3.70. The molecule has 1 aliphatic heterocycles. The molecule has 1 saturated heterocycles. The minimum Gasteiger partial charge on any atom is -0.394 e. The number of alkyl halides is 2. The topological polar surface area (TPSA) is 77.4 Å². The number of fused-ring (bicyclic) bond motifs is 1. The first-order chi connectivity index (χ1) is 15.8. The van der Waals surface area contributed by atoms with Gasteiger partial charge in [-0.15, -0.1) is 0 Å². The quantitative estimate of drug-likeness (QED) is 0.581. The molecule has 1 aliphatic rings. The van der Waals surface area contributed by atoms with Gasteiger partial charge in [-0.25, -0.2) is 28.1 Å². The van der Waals surface area contributed by atoms with E-state index in [0.29, 0.717) is 41.5 Å². The van der Waals surface area contributed by atoms with Crippen molar-refractivity contribution in [1.29, 1.82) is 0 Å². The molecule has 2 atom stereocenters. The summed E-state index contributed by atoms with van der Waals surface area (Å²) in [5.41, 5.74) is 0.116. The summed E-state index contributed by atoms with van der Waals surface area (Å²) in [5.74, 6) is 0.725. The van der Waals surface area contributed by atoms with Crippen molar-refractivity contribution in [2.45, 2.75) is 32.4 Å². The average molecular weight is 461 g/mol. The van der Waals surface area contributed by atoms with Crippen LogP contribution in [-0.2, 0) is 0 Å². The van der Waals surface area contributed by atoms with Crippen LogP contribution in [0.25, 0.3) is 10.9 Å². The van der Waals surface area contributed by atoms with Crippen LogP contribution < -0.4 is 10.2 Å². The minimum atomic E-state index is -2.89. The van der Waals surface area contributed by atoms with Crippen molar-refractivity contribution in [1.82, 2.24) is 19.9 Å². The number of anilines is 2. The van der Waals surface area contributed by atoms with E-state index in [1.54, 1.807) is 20.0 Å². The van der Waals surface area contributed by atoms with Gasteiger partial charge in [0.05, 0.1) is 36.0 Å². The Bertz CT molecular complexity index is 1140. The summed E-state index contributed by atoms with van der Waals surface area (Å²) in [4.78, 5) is 17.7. The number of aromatic nitrogens is 3. The van der Waals surface area contributed by atoms with Crippen molar-refractivity contribution >= 4 is 22.5 Å². The summed E-state index contributed by atoms with van der Waals surface area (Å²) < 4.78 is 41.0. The molecule has 2 aromatic heterocycles. The van der Waals surface area contributed by atoms with E-state index in [0.717, 1.165) is 12.6 Å². The molecule has 2 unspecified atom stereocenters. The fourth-order valence-electron chi connectivity index (χ4n) is 4.23. The van der Waals surface area contributed by atoms with Crippen LogP contribution in [-0.4, -0.2) is 64.3 Å². The number of nitrogens with one attached hydrogen (secondary N) is 1. The molecule has 0 aliphatic carbocycles. The highest BCUT2D eigenvalue weighted by atomic mass is 19.3. The van der Waals surface area contributed by atoms with E-state index in [1.165, 1.54) is 12.1 Å². The second kappa shape index (κ2) is 9.48. The second-order valence-electron chi connectivity index (χ2n) is 8.39. The Hall–Kier alpha value is -2.98. The number of nitrogens with zero attached hydrogens (tertiary/aromatic N) is 5. The van der Waals surface area contributed by atoms with E-state index in [-0.39, 0.29) is 18.2 Å². The molecular weight excluding hydrogens is 433 g/mol. The molecule has 0 spiro atoms. The Morgan fingerprint density at radius 2 is 1.97 bits per heavy atom. The van der Waals surface area contributed by atoms with Gasteiger partial charge in [-0.2, -0.15) is 0 Å². The summed E-state index contributed by atoms with van der Waals surface area (Å²) in [6.07, 6.45) is -1.24. The van der Waals surface area contributed by atoms with Crippen molar-refractivity contribution < 1.29 is 18.3 Å². The van der Waals surface area contributed by atoms with Gasteiger partial charge in [0.15, 0.2) is 0 Å². The number of aliphatic hydroxyl groups excluding tert-OH is 1. The lowest BCUT2D eigenvalue weighted by atomic mass is 10.0. The van der Waals surface area contributed by atoms with Gasteiger partial charge in [-0.3, -0.25) is 0 Å². The van der Waals surface area contributed by atoms with Gasteiger partial charge in [-0.1, -0.05) is 18.2 Å². The van der Waals surface area contributed by atoms with Gasteiger partial charge >= 0.3 is 0 Å². The van der Waals surface area contributed by atoms with Gasteiger partial charge in [0.1, 0.15) is 23.3 Å². The maximum atomic E-state index is 14.7. The van der Waals surface area contributed by atoms with Crippen LogP contribution in [0.5, 0.6) is 0 Å². The normalized spacial score (nSPS) is 18.2. The van der Waals surface area contributed by atoms with Gasteiger partial charge in [0, 0.05) is 30.6 Å². The van der Waals surface area contributed by atoms with E-state index in [1.807, 2.05) is 13.1 Å². The Morgan fingerprint density at radius 3 is 2.70 bits per heavy atom. The van der Waals surface area contributed by atoms with Crippen LogP contribution in [0.4, 0.5) is 24.8 Å². The van der Waals surface area contributed by atoms with Gasteiger partial charge < -0.3 is 20.2 Å². The van der Waals surface area contributed by atoms with Crippen LogP contribution in [0.2, 0.25) is 0 Å². The number of likely N-dealkylation sites (N-methyl/N-ethyl adjacent to an activating group) is 1. The molecule has 0 bridgehead atoms. The van der Waals surface area contributed by atoms with E-state index < -0.39 is 23.8 Å². The highest BCUT2D eigenvalue weighted by Gasteiger charge is 2.26. The Labute approximate surface area is 190 Å². The molecule has 33 heavy (non-hydrogen) atoms. The molecule has 1 aromatic carbocycles. The maximum Gasteiger partial charge on any atom is 0.266 e. The maximum absolute atomic E-state index is 14.7. The number of hydrogen-bond acceptors (Lipinski definition) is 7. The fraction of sp³-hybridized carbons (Fsp3) is 0.435. The van der Waals surface area contributed by atoms with Crippen LogP contribution in [0.3, 0.4) is 0 Å². The molecule has 0 amide bonds. The van der Waals surface area contributed by atoms with Crippen molar-refractivity contribution in [3.05, 3.63) is 53.2 Å². The first kappa shape index (κ1) is 23.2. The number of pyridine rings is 1. The zero-order chi connectivity index (χ0) is 23.7. The largest absolute Gasteiger partial charge is 0.394 e. The second-order valence-corrected chi connectivity index (χ2v) is 8.39. The summed E-state index contributed by atoms with van der Waals surface area (Å²) in [7, 11) is 2.01. The van der Waals surface area contributed by atoms with E-state index >= 15 is 0 Å². The SMILES string of the molecule is Cc1nc(NC(C)c2cccc(C(F)F)c2F)c2cc(N3CCN(C)CC3CO)ncc2n1. The number of piperazine rings is 1. The van der Waals surface area contributed by atoms with Crippen molar-refractivity contribution in [2.75, 3.05) is 43.5 Å². The lowest BCUT2D eigenvalue weighted by molar-refractivity contribution is 0.146. The molecule has 2 N–H and O–H groups in total. The van der Waals surface area contributed by atoms with Crippen LogP contribution in [0.15, 0.2) is 30.5 Å². The Balaban J connectivity index is 1.70. The number of hydrogen-bond donors (Lipinski definition) is 2. The third kappa shape index (κ3) is 4.72. The highest BCUT2D eigenvalue weighted by Crippen LogP contribution is 2.31.